The topological polar surface area (TPSA) is 54.7 Å². The number of nitrogens with one attached hydrogen (secondary N) is 1. The fourth-order valence-corrected chi connectivity index (χ4v) is 3.06. The van der Waals surface area contributed by atoms with E-state index in [2.05, 4.69) is 10.2 Å². The summed E-state index contributed by atoms with van der Waals surface area (Å²) >= 11 is 0. The normalized spacial score (nSPS) is 27.4. The minimum atomic E-state index is -0.166. The highest BCUT2D eigenvalue weighted by Gasteiger charge is 2.44. The van der Waals surface area contributed by atoms with Gasteiger partial charge in [0.15, 0.2) is 0 Å². The van der Waals surface area contributed by atoms with Crippen LogP contribution in [0.15, 0.2) is 23.0 Å². The Labute approximate surface area is 112 Å². The molecule has 104 valence electrons. The van der Waals surface area contributed by atoms with Crippen molar-refractivity contribution in [3.63, 3.8) is 0 Å². The van der Waals surface area contributed by atoms with Crippen LogP contribution in [0.3, 0.4) is 0 Å². The number of ether oxygens (including phenoxy) is 1. The van der Waals surface area contributed by atoms with Crippen LogP contribution >= 0.6 is 0 Å². The number of amides is 1. The molecule has 1 atom stereocenters. The lowest BCUT2D eigenvalue weighted by Gasteiger charge is -2.47. The fourth-order valence-electron chi connectivity index (χ4n) is 3.06. The van der Waals surface area contributed by atoms with Gasteiger partial charge in [0.1, 0.15) is 6.61 Å². The first-order valence-corrected chi connectivity index (χ1v) is 6.85. The van der Waals surface area contributed by atoms with Gasteiger partial charge in [0.2, 0.25) is 5.91 Å². The summed E-state index contributed by atoms with van der Waals surface area (Å²) in [7, 11) is 0. The number of carbonyl (C=O) groups is 1. The second kappa shape index (κ2) is 4.98. The van der Waals surface area contributed by atoms with Gasteiger partial charge < -0.3 is 14.5 Å². The van der Waals surface area contributed by atoms with Gasteiger partial charge in [-0.3, -0.25) is 9.69 Å². The van der Waals surface area contributed by atoms with E-state index in [1.807, 2.05) is 13.0 Å². The third-order valence-electron chi connectivity index (χ3n) is 4.35. The number of nitrogens with zero attached hydrogens (tertiary/aromatic N) is 1. The van der Waals surface area contributed by atoms with Gasteiger partial charge in [-0.05, 0) is 25.8 Å². The number of furan rings is 1. The Morgan fingerprint density at radius 2 is 2.26 bits per heavy atom. The van der Waals surface area contributed by atoms with Crippen molar-refractivity contribution in [1.82, 2.24) is 10.2 Å². The van der Waals surface area contributed by atoms with Crippen LogP contribution in [0.5, 0.6) is 0 Å². The molecular formula is C14H20N2O3. The zero-order valence-electron chi connectivity index (χ0n) is 11.2. The van der Waals surface area contributed by atoms with Crippen LogP contribution in [0.1, 0.15) is 25.3 Å². The second-order valence-corrected chi connectivity index (χ2v) is 5.55. The Balaban J connectivity index is 1.58. The van der Waals surface area contributed by atoms with Crippen molar-refractivity contribution in [2.75, 3.05) is 19.7 Å². The van der Waals surface area contributed by atoms with Gasteiger partial charge in [-0.1, -0.05) is 0 Å². The summed E-state index contributed by atoms with van der Waals surface area (Å²) in [4.78, 5) is 13.7. The molecule has 3 heterocycles. The fraction of sp³-hybridized carbons (Fsp3) is 0.643. The zero-order chi connectivity index (χ0) is 13.3. The lowest BCUT2D eigenvalue weighted by molar-refractivity contribution is -0.159. The number of hydrogen-bond donors (Lipinski definition) is 1. The van der Waals surface area contributed by atoms with E-state index in [0.717, 1.165) is 32.5 Å². The summed E-state index contributed by atoms with van der Waals surface area (Å²) in [5.41, 5.74) is 1.04. The quantitative estimate of drug-likeness (QED) is 0.870. The molecular weight excluding hydrogens is 244 g/mol. The lowest BCUT2D eigenvalue weighted by atomic mass is 9.83. The maximum absolute atomic E-state index is 11.3. The number of hydrogen-bond acceptors (Lipinski definition) is 4. The van der Waals surface area contributed by atoms with E-state index in [-0.39, 0.29) is 24.2 Å². The Bertz CT molecular complexity index is 436. The highest BCUT2D eigenvalue weighted by Crippen LogP contribution is 2.32. The summed E-state index contributed by atoms with van der Waals surface area (Å²) in [6, 6.07) is 2.11. The van der Waals surface area contributed by atoms with E-state index in [4.69, 9.17) is 9.15 Å². The molecule has 0 aromatic carbocycles. The van der Waals surface area contributed by atoms with Gasteiger partial charge in [-0.2, -0.15) is 0 Å². The van der Waals surface area contributed by atoms with E-state index in [9.17, 15) is 4.79 Å². The molecule has 1 spiro atoms. The van der Waals surface area contributed by atoms with Crippen LogP contribution < -0.4 is 5.32 Å². The molecule has 1 aromatic heterocycles. The van der Waals surface area contributed by atoms with Gasteiger partial charge in [-0.15, -0.1) is 0 Å². The molecule has 2 aliphatic heterocycles. The third-order valence-corrected chi connectivity index (χ3v) is 4.35. The number of likely N-dealkylation sites (tertiary alicyclic amines) is 1. The standard InChI is InChI=1S/C14H20N2O3/c1-11-14(19-10-13(17)15-11)3-5-16(6-4-14)8-12-2-7-18-9-12/h2,7,9,11H,3-6,8,10H2,1H3,(H,15,17). The number of morpholine rings is 1. The third kappa shape index (κ3) is 2.53. The molecule has 1 aromatic rings. The average molecular weight is 264 g/mol. The van der Waals surface area contributed by atoms with Crippen molar-refractivity contribution in [2.24, 2.45) is 0 Å². The van der Waals surface area contributed by atoms with Crippen LogP contribution in [0, 0.1) is 0 Å². The first-order valence-electron chi connectivity index (χ1n) is 6.85. The zero-order valence-corrected chi connectivity index (χ0v) is 11.2. The van der Waals surface area contributed by atoms with Crippen molar-refractivity contribution in [3.8, 4) is 0 Å². The first kappa shape index (κ1) is 12.7. The summed E-state index contributed by atoms with van der Waals surface area (Å²) in [5.74, 6) is -0.000971. The molecule has 0 aliphatic carbocycles. The average Bonchev–Trinajstić information content (AvgIpc) is 2.90. The van der Waals surface area contributed by atoms with E-state index in [0.29, 0.717) is 0 Å². The minimum Gasteiger partial charge on any atom is -0.472 e. The molecule has 19 heavy (non-hydrogen) atoms. The highest BCUT2D eigenvalue weighted by molar-refractivity contribution is 5.78. The van der Waals surface area contributed by atoms with Gasteiger partial charge >= 0.3 is 0 Å². The summed E-state index contributed by atoms with van der Waals surface area (Å²) in [5, 5.41) is 3.00. The molecule has 5 heteroatoms. The number of carbonyl (C=O) groups excluding carboxylic acids is 1. The maximum atomic E-state index is 11.3. The van der Waals surface area contributed by atoms with E-state index in [1.165, 1.54) is 5.56 Å². The summed E-state index contributed by atoms with van der Waals surface area (Å²) in [6.45, 7) is 5.15. The first-order chi connectivity index (χ1) is 9.18. The number of rotatable bonds is 2. The predicted molar refractivity (Wildman–Crippen MR) is 69.5 cm³/mol. The Kier molecular flexibility index (Phi) is 3.33. The van der Waals surface area contributed by atoms with Gasteiger partial charge in [0.05, 0.1) is 24.2 Å². The van der Waals surface area contributed by atoms with E-state index >= 15 is 0 Å². The Morgan fingerprint density at radius 1 is 1.47 bits per heavy atom. The SMILES string of the molecule is CC1NC(=O)COC12CCN(Cc1ccoc1)CC2. The molecule has 1 unspecified atom stereocenters. The van der Waals surface area contributed by atoms with Crippen LogP contribution in [0.2, 0.25) is 0 Å². The van der Waals surface area contributed by atoms with Crippen molar-refractivity contribution >= 4 is 5.91 Å². The molecule has 2 fully saturated rings. The molecule has 5 nitrogen and oxygen atoms in total. The van der Waals surface area contributed by atoms with Gasteiger partial charge in [0, 0.05) is 25.2 Å². The lowest BCUT2D eigenvalue weighted by Crippen LogP contribution is -2.62. The maximum Gasteiger partial charge on any atom is 0.246 e. The molecule has 0 radical (unpaired) electrons. The van der Waals surface area contributed by atoms with Crippen molar-refractivity contribution in [2.45, 2.75) is 38.0 Å². The Morgan fingerprint density at radius 3 is 2.89 bits per heavy atom. The molecule has 0 bridgehead atoms. The van der Waals surface area contributed by atoms with E-state index < -0.39 is 0 Å². The van der Waals surface area contributed by atoms with Crippen LogP contribution in [0.25, 0.3) is 0 Å². The molecule has 1 amide bonds. The van der Waals surface area contributed by atoms with Crippen molar-refractivity contribution in [3.05, 3.63) is 24.2 Å². The van der Waals surface area contributed by atoms with E-state index in [1.54, 1.807) is 12.5 Å². The number of piperidine rings is 1. The smallest absolute Gasteiger partial charge is 0.246 e. The minimum absolute atomic E-state index is 0.000971. The molecule has 3 rings (SSSR count). The van der Waals surface area contributed by atoms with Crippen molar-refractivity contribution in [1.29, 1.82) is 0 Å². The molecule has 2 saturated heterocycles. The monoisotopic (exact) mass is 264 g/mol. The largest absolute Gasteiger partial charge is 0.472 e. The second-order valence-electron chi connectivity index (χ2n) is 5.55. The van der Waals surface area contributed by atoms with Crippen molar-refractivity contribution < 1.29 is 13.9 Å². The van der Waals surface area contributed by atoms with Crippen LogP contribution in [0.4, 0.5) is 0 Å². The predicted octanol–water partition coefficient (Wildman–Crippen LogP) is 1.15. The summed E-state index contributed by atoms with van der Waals surface area (Å²) in [6.07, 6.45) is 5.44. The van der Waals surface area contributed by atoms with Crippen LogP contribution in [-0.2, 0) is 16.1 Å². The highest BCUT2D eigenvalue weighted by atomic mass is 16.5. The van der Waals surface area contributed by atoms with Crippen LogP contribution in [-0.4, -0.2) is 42.1 Å². The van der Waals surface area contributed by atoms with Gasteiger partial charge in [0.25, 0.3) is 0 Å². The molecule has 0 saturated carbocycles. The molecule has 2 aliphatic rings. The summed E-state index contributed by atoms with van der Waals surface area (Å²) < 4.78 is 11.0. The Hall–Kier alpha value is -1.33. The molecule has 1 N–H and O–H groups in total. The van der Waals surface area contributed by atoms with Gasteiger partial charge in [-0.25, -0.2) is 0 Å².